The smallest absolute Gasteiger partial charge is 0.303 e. The molecule has 4 aromatic rings. The highest BCUT2D eigenvalue weighted by Crippen LogP contribution is 2.28. The summed E-state index contributed by atoms with van der Waals surface area (Å²) in [5, 5.41) is 10.2. The van der Waals surface area contributed by atoms with Crippen LogP contribution in [-0.2, 0) is 24.1 Å². The van der Waals surface area contributed by atoms with Crippen LogP contribution in [0.2, 0.25) is 0 Å². The van der Waals surface area contributed by atoms with Crippen molar-refractivity contribution >= 4 is 22.8 Å². The van der Waals surface area contributed by atoms with E-state index in [1.807, 2.05) is 36.4 Å². The summed E-state index contributed by atoms with van der Waals surface area (Å²) in [4.78, 5) is 25.1. The highest BCUT2D eigenvalue weighted by atomic mass is 16.4. The van der Waals surface area contributed by atoms with E-state index in [2.05, 4.69) is 47.2 Å². The Bertz CT molecular complexity index is 1290. The number of hydrogen-bond donors (Lipinski definition) is 1. The number of amides is 1. The fourth-order valence-electron chi connectivity index (χ4n) is 4.14. The van der Waals surface area contributed by atoms with Gasteiger partial charge in [0.1, 0.15) is 0 Å². The second kappa shape index (κ2) is 9.74. The van der Waals surface area contributed by atoms with E-state index >= 15 is 0 Å². The Hall–Kier alpha value is -3.86. The van der Waals surface area contributed by atoms with E-state index in [9.17, 15) is 9.59 Å². The van der Waals surface area contributed by atoms with Crippen LogP contribution in [0, 0.1) is 0 Å². The van der Waals surface area contributed by atoms with Gasteiger partial charge in [0.05, 0.1) is 5.52 Å². The third-order valence-electron chi connectivity index (χ3n) is 5.88. The van der Waals surface area contributed by atoms with Crippen molar-refractivity contribution in [1.82, 2.24) is 9.47 Å². The van der Waals surface area contributed by atoms with Crippen molar-refractivity contribution in [1.29, 1.82) is 0 Å². The number of hydrogen-bond acceptors (Lipinski definition) is 2. The molecule has 1 amide bonds. The van der Waals surface area contributed by atoms with Gasteiger partial charge in [0.25, 0.3) is 5.91 Å². The van der Waals surface area contributed by atoms with Gasteiger partial charge in [0.15, 0.2) is 0 Å². The van der Waals surface area contributed by atoms with E-state index in [0.717, 1.165) is 35.0 Å². The Kier molecular flexibility index (Phi) is 6.59. The van der Waals surface area contributed by atoms with E-state index in [4.69, 9.17) is 5.11 Å². The van der Waals surface area contributed by atoms with Gasteiger partial charge in [-0.25, -0.2) is 0 Å². The molecule has 5 heteroatoms. The van der Waals surface area contributed by atoms with Crippen LogP contribution in [0.5, 0.6) is 0 Å². The molecule has 0 aliphatic rings. The van der Waals surface area contributed by atoms with Crippen LogP contribution in [-0.4, -0.2) is 40.5 Å². The second-order valence-corrected chi connectivity index (χ2v) is 8.51. The summed E-state index contributed by atoms with van der Waals surface area (Å²) in [6.45, 7) is 0. The number of nitrogens with zero attached hydrogens (tertiary/aromatic N) is 2. The first kappa shape index (κ1) is 22.3. The normalized spacial score (nSPS) is 11.0. The van der Waals surface area contributed by atoms with E-state index in [1.165, 1.54) is 11.1 Å². The zero-order valence-corrected chi connectivity index (χ0v) is 19.0. The summed E-state index contributed by atoms with van der Waals surface area (Å²) in [5.74, 6) is -0.826. The minimum Gasteiger partial charge on any atom is -0.481 e. The predicted molar refractivity (Wildman–Crippen MR) is 131 cm³/mol. The Morgan fingerprint density at radius 2 is 1.64 bits per heavy atom. The Morgan fingerprint density at radius 3 is 2.36 bits per heavy atom. The molecule has 33 heavy (non-hydrogen) atoms. The summed E-state index contributed by atoms with van der Waals surface area (Å²) in [6, 6.07) is 24.2. The third-order valence-corrected chi connectivity index (χ3v) is 5.88. The number of benzene rings is 3. The van der Waals surface area contributed by atoms with Crippen molar-refractivity contribution in [2.24, 2.45) is 0 Å². The molecule has 1 heterocycles. The lowest BCUT2D eigenvalue weighted by molar-refractivity contribution is -0.136. The number of fused-ring (bicyclic) bond motifs is 1. The number of carboxylic acids is 1. The van der Waals surface area contributed by atoms with Crippen molar-refractivity contribution < 1.29 is 14.7 Å². The summed E-state index contributed by atoms with van der Waals surface area (Å²) >= 11 is 0. The highest BCUT2D eigenvalue weighted by Gasteiger charge is 2.14. The molecule has 0 unspecified atom stereocenters. The quantitative estimate of drug-likeness (QED) is 0.413. The molecule has 0 atom stereocenters. The first-order valence-electron chi connectivity index (χ1n) is 11.1. The van der Waals surface area contributed by atoms with E-state index < -0.39 is 5.97 Å². The van der Waals surface area contributed by atoms with Crippen molar-refractivity contribution in [3.05, 3.63) is 101 Å². The molecule has 3 aromatic carbocycles. The van der Waals surface area contributed by atoms with Gasteiger partial charge in [-0.1, -0.05) is 42.5 Å². The van der Waals surface area contributed by atoms with Gasteiger partial charge in [-0.15, -0.1) is 0 Å². The summed E-state index contributed by atoms with van der Waals surface area (Å²) < 4.78 is 2.13. The minimum atomic E-state index is -0.792. The maximum absolute atomic E-state index is 12.5. The van der Waals surface area contributed by atoms with E-state index in [-0.39, 0.29) is 12.3 Å². The number of aromatic nitrogens is 1. The molecule has 0 spiro atoms. The topological polar surface area (TPSA) is 62.5 Å². The van der Waals surface area contributed by atoms with Crippen LogP contribution < -0.4 is 0 Å². The first-order valence-corrected chi connectivity index (χ1v) is 11.1. The highest BCUT2D eigenvalue weighted by molar-refractivity contribution is 5.95. The van der Waals surface area contributed by atoms with Gasteiger partial charge in [-0.2, -0.15) is 0 Å². The lowest BCUT2D eigenvalue weighted by Gasteiger charge is -2.12. The van der Waals surface area contributed by atoms with Crippen LogP contribution in [0.3, 0.4) is 0 Å². The van der Waals surface area contributed by atoms with E-state index in [0.29, 0.717) is 12.0 Å². The summed E-state index contributed by atoms with van der Waals surface area (Å²) in [5.41, 5.74) is 6.11. The number of carbonyl (C=O) groups excluding carboxylic acids is 1. The third kappa shape index (κ3) is 5.14. The van der Waals surface area contributed by atoms with Crippen molar-refractivity contribution in [2.45, 2.75) is 25.7 Å². The van der Waals surface area contributed by atoms with Gasteiger partial charge >= 0.3 is 5.97 Å². The monoisotopic (exact) mass is 440 g/mol. The number of rotatable bonds is 8. The molecule has 0 radical (unpaired) electrons. The maximum Gasteiger partial charge on any atom is 0.303 e. The standard InChI is InChI=1S/C28H28N2O3/c1-29(2)28(33)22-9-6-10-24(18-22)30-19-23(14-11-20-7-4-3-5-8-20)25-17-21(12-15-26(25)30)13-16-27(31)32/h3-10,12,15,17-19H,11,13-14,16H2,1-2H3,(H,31,32). The molecule has 0 fully saturated rings. The summed E-state index contributed by atoms with van der Waals surface area (Å²) in [7, 11) is 3.50. The molecule has 0 aliphatic heterocycles. The Morgan fingerprint density at radius 1 is 0.848 bits per heavy atom. The fraction of sp³-hybridized carbons (Fsp3) is 0.214. The largest absolute Gasteiger partial charge is 0.481 e. The molecule has 5 nitrogen and oxygen atoms in total. The Labute approximate surface area is 193 Å². The summed E-state index contributed by atoms with van der Waals surface area (Å²) in [6.07, 6.45) is 4.54. The second-order valence-electron chi connectivity index (χ2n) is 8.51. The molecule has 4 rings (SSSR count). The number of carboxylic acid groups (broad SMARTS) is 1. The van der Waals surface area contributed by atoms with Crippen molar-refractivity contribution in [3.63, 3.8) is 0 Å². The van der Waals surface area contributed by atoms with Crippen molar-refractivity contribution in [2.75, 3.05) is 14.1 Å². The predicted octanol–water partition coefficient (Wildman–Crippen LogP) is 5.13. The van der Waals surface area contributed by atoms with Gasteiger partial charge < -0.3 is 14.6 Å². The van der Waals surface area contributed by atoms with Gasteiger partial charge in [-0.05, 0) is 66.3 Å². The molecule has 1 N–H and O–H groups in total. The molecule has 0 saturated heterocycles. The number of aryl methyl sites for hydroxylation is 3. The van der Waals surface area contributed by atoms with Gasteiger partial charge in [0.2, 0.25) is 0 Å². The van der Waals surface area contributed by atoms with Gasteiger partial charge in [-0.3, -0.25) is 9.59 Å². The number of carbonyl (C=O) groups is 2. The molecule has 168 valence electrons. The van der Waals surface area contributed by atoms with E-state index in [1.54, 1.807) is 19.0 Å². The lowest BCUT2D eigenvalue weighted by Crippen LogP contribution is -2.21. The molecule has 0 aliphatic carbocycles. The molecule has 0 saturated carbocycles. The molecular weight excluding hydrogens is 412 g/mol. The molecule has 0 bridgehead atoms. The average molecular weight is 441 g/mol. The van der Waals surface area contributed by atoms with Crippen LogP contribution in [0.15, 0.2) is 79.0 Å². The minimum absolute atomic E-state index is 0.0337. The molecular formula is C28H28N2O3. The maximum atomic E-state index is 12.5. The van der Waals surface area contributed by atoms with Gasteiger partial charge in [0, 0.05) is 43.4 Å². The van der Waals surface area contributed by atoms with Crippen molar-refractivity contribution in [3.8, 4) is 5.69 Å². The van der Waals surface area contributed by atoms with Crippen LogP contribution in [0.4, 0.5) is 0 Å². The Balaban J connectivity index is 1.75. The zero-order chi connectivity index (χ0) is 23.4. The first-order chi connectivity index (χ1) is 15.9. The zero-order valence-electron chi connectivity index (χ0n) is 19.0. The lowest BCUT2D eigenvalue weighted by atomic mass is 10.0. The molecule has 1 aromatic heterocycles. The number of aliphatic carboxylic acids is 1. The SMILES string of the molecule is CN(C)C(=O)c1cccc(-n2cc(CCc3ccccc3)c3cc(CCC(=O)O)ccc32)c1. The average Bonchev–Trinajstić information content (AvgIpc) is 3.19. The van der Waals surface area contributed by atoms with Crippen LogP contribution >= 0.6 is 0 Å². The van der Waals surface area contributed by atoms with Crippen LogP contribution in [0.25, 0.3) is 16.6 Å². The van der Waals surface area contributed by atoms with Crippen LogP contribution in [0.1, 0.15) is 33.5 Å². The fourth-order valence-corrected chi connectivity index (χ4v) is 4.14.